The van der Waals surface area contributed by atoms with Gasteiger partial charge in [-0.15, -0.1) is 11.3 Å². The van der Waals surface area contributed by atoms with E-state index in [0.717, 1.165) is 4.88 Å². The predicted molar refractivity (Wildman–Crippen MR) is 71.2 cm³/mol. The van der Waals surface area contributed by atoms with E-state index in [1.54, 1.807) is 11.3 Å². The van der Waals surface area contributed by atoms with Crippen molar-refractivity contribution in [2.24, 2.45) is 5.73 Å². The van der Waals surface area contributed by atoms with Gasteiger partial charge in [0.15, 0.2) is 5.16 Å². The Morgan fingerprint density at radius 3 is 3.00 bits per heavy atom. The van der Waals surface area contributed by atoms with E-state index < -0.39 is 0 Å². The summed E-state index contributed by atoms with van der Waals surface area (Å²) in [5.74, 6) is 0.221. The molecule has 1 unspecified atom stereocenters. The van der Waals surface area contributed by atoms with E-state index in [1.165, 1.54) is 17.8 Å². The number of nitrogens with zero attached hydrogens (tertiary/aromatic N) is 1. The molecule has 2 rings (SSSR count). The first-order chi connectivity index (χ1) is 8.19. The molecule has 0 aromatic carbocycles. The smallest absolute Gasteiger partial charge is 0.253 e. The minimum absolute atomic E-state index is 0.0833. The Balaban J connectivity index is 2.21. The third-order valence-corrected chi connectivity index (χ3v) is 4.35. The van der Waals surface area contributed by atoms with Crippen LogP contribution in [0.3, 0.4) is 0 Å². The molecule has 5 nitrogen and oxygen atoms in total. The minimum Gasteiger partial charge on any atom is -0.383 e. The minimum atomic E-state index is -0.248. The first-order valence-electron chi connectivity index (χ1n) is 4.96. The number of thiophene rings is 1. The second-order valence-electron chi connectivity index (χ2n) is 3.33. The highest BCUT2D eigenvalue weighted by Crippen LogP contribution is 2.34. The molecule has 17 heavy (non-hydrogen) atoms. The van der Waals surface area contributed by atoms with Crippen molar-refractivity contribution in [2.75, 3.05) is 12.3 Å². The van der Waals surface area contributed by atoms with Gasteiger partial charge in [0.2, 0.25) is 0 Å². The number of hydrogen-bond donors (Lipinski definition) is 3. The molecule has 0 saturated heterocycles. The molecular weight excluding hydrogens is 256 g/mol. The van der Waals surface area contributed by atoms with E-state index >= 15 is 0 Å². The average molecular weight is 268 g/mol. The number of nitrogens with two attached hydrogens (primary N) is 2. The highest BCUT2D eigenvalue weighted by atomic mass is 32.2. The summed E-state index contributed by atoms with van der Waals surface area (Å²) in [6.07, 6.45) is 0. The molecule has 1 atom stereocenters. The molecule has 7 heteroatoms. The topological polar surface area (TPSA) is 97.8 Å². The molecule has 2 aromatic rings. The van der Waals surface area contributed by atoms with Gasteiger partial charge in [0, 0.05) is 17.5 Å². The molecule has 0 radical (unpaired) electrons. The van der Waals surface area contributed by atoms with E-state index in [1.807, 2.05) is 17.5 Å². The van der Waals surface area contributed by atoms with Crippen molar-refractivity contribution >= 4 is 28.9 Å². The fourth-order valence-corrected chi connectivity index (χ4v) is 3.25. The van der Waals surface area contributed by atoms with Gasteiger partial charge in [-0.1, -0.05) is 17.8 Å². The first kappa shape index (κ1) is 12.2. The molecule has 0 bridgehead atoms. The van der Waals surface area contributed by atoms with E-state index in [2.05, 4.69) is 9.97 Å². The number of aromatic amines is 1. The van der Waals surface area contributed by atoms with Gasteiger partial charge in [-0.3, -0.25) is 4.79 Å². The van der Waals surface area contributed by atoms with Gasteiger partial charge in [-0.05, 0) is 11.4 Å². The van der Waals surface area contributed by atoms with Crippen LogP contribution >= 0.6 is 23.1 Å². The van der Waals surface area contributed by atoms with Crippen molar-refractivity contribution in [3.05, 3.63) is 38.8 Å². The van der Waals surface area contributed by atoms with Crippen molar-refractivity contribution in [2.45, 2.75) is 10.4 Å². The number of rotatable bonds is 4. The van der Waals surface area contributed by atoms with Crippen molar-refractivity contribution in [3.63, 3.8) is 0 Å². The van der Waals surface area contributed by atoms with Crippen LogP contribution in [0.5, 0.6) is 0 Å². The zero-order valence-corrected chi connectivity index (χ0v) is 10.6. The SMILES string of the molecule is NCC(Sc1nc(N)cc(=O)[nH]1)c1cccs1. The quantitative estimate of drug-likeness (QED) is 0.572. The summed E-state index contributed by atoms with van der Waals surface area (Å²) in [5, 5.41) is 2.58. The van der Waals surface area contributed by atoms with Crippen LogP contribution in [0.2, 0.25) is 0 Å². The zero-order chi connectivity index (χ0) is 12.3. The maximum absolute atomic E-state index is 11.2. The zero-order valence-electron chi connectivity index (χ0n) is 8.92. The van der Waals surface area contributed by atoms with Gasteiger partial charge >= 0.3 is 0 Å². The Labute approximate surface area is 106 Å². The van der Waals surface area contributed by atoms with Crippen molar-refractivity contribution in [3.8, 4) is 0 Å². The molecule has 0 aliphatic rings. The fourth-order valence-electron chi connectivity index (χ4n) is 1.34. The Bertz CT molecular complexity index is 537. The van der Waals surface area contributed by atoms with Crippen LogP contribution in [0.25, 0.3) is 0 Å². The molecule has 0 aliphatic heterocycles. The third-order valence-electron chi connectivity index (χ3n) is 2.07. The summed E-state index contributed by atoms with van der Waals surface area (Å²) in [4.78, 5) is 19.1. The van der Waals surface area contributed by atoms with Gasteiger partial charge < -0.3 is 16.5 Å². The number of anilines is 1. The van der Waals surface area contributed by atoms with Crippen molar-refractivity contribution in [1.29, 1.82) is 0 Å². The van der Waals surface area contributed by atoms with Crippen LogP contribution in [0.1, 0.15) is 10.1 Å². The summed E-state index contributed by atoms with van der Waals surface area (Å²) in [6.45, 7) is 0.476. The maximum Gasteiger partial charge on any atom is 0.253 e. The second kappa shape index (κ2) is 5.35. The summed E-state index contributed by atoms with van der Waals surface area (Å²) >= 11 is 3.04. The van der Waals surface area contributed by atoms with Gasteiger partial charge in [0.05, 0.1) is 5.25 Å². The summed E-state index contributed by atoms with van der Waals surface area (Å²) < 4.78 is 0. The highest BCUT2D eigenvalue weighted by molar-refractivity contribution is 7.99. The van der Waals surface area contributed by atoms with Gasteiger partial charge in [-0.25, -0.2) is 4.98 Å². The molecule has 0 amide bonds. The Kier molecular flexibility index (Phi) is 3.82. The Morgan fingerprint density at radius 2 is 2.41 bits per heavy atom. The van der Waals surface area contributed by atoms with E-state index in [4.69, 9.17) is 11.5 Å². The normalized spacial score (nSPS) is 12.5. The van der Waals surface area contributed by atoms with Gasteiger partial charge in [0.25, 0.3) is 5.56 Å². The standard InChI is InChI=1S/C10H12N4OS2/c11-5-7(6-2-1-3-16-6)17-10-13-8(12)4-9(15)14-10/h1-4,7H,5,11H2,(H3,12,13,14,15). The van der Waals surface area contributed by atoms with Crippen molar-refractivity contribution < 1.29 is 0 Å². The molecule has 0 saturated carbocycles. The molecule has 5 N–H and O–H groups in total. The molecule has 0 fully saturated rings. The van der Waals surface area contributed by atoms with E-state index in [0.29, 0.717) is 11.7 Å². The fraction of sp³-hybridized carbons (Fsp3) is 0.200. The van der Waals surface area contributed by atoms with Crippen LogP contribution in [-0.4, -0.2) is 16.5 Å². The van der Waals surface area contributed by atoms with Crippen LogP contribution in [0.15, 0.2) is 33.5 Å². The first-order valence-corrected chi connectivity index (χ1v) is 6.72. The predicted octanol–water partition coefficient (Wildman–Crippen LogP) is 1.21. The summed E-state index contributed by atoms with van der Waals surface area (Å²) in [6, 6.07) is 5.24. The lowest BCUT2D eigenvalue weighted by atomic mass is 10.3. The lowest BCUT2D eigenvalue weighted by Crippen LogP contribution is -2.12. The summed E-state index contributed by atoms with van der Waals surface area (Å²) in [7, 11) is 0. The third kappa shape index (κ3) is 3.09. The van der Waals surface area contributed by atoms with Crippen molar-refractivity contribution in [1.82, 2.24) is 9.97 Å². The molecule has 0 spiro atoms. The van der Waals surface area contributed by atoms with Crippen LogP contribution < -0.4 is 17.0 Å². The van der Waals surface area contributed by atoms with Crippen LogP contribution in [-0.2, 0) is 0 Å². The van der Waals surface area contributed by atoms with Gasteiger partial charge in [0.1, 0.15) is 5.82 Å². The highest BCUT2D eigenvalue weighted by Gasteiger charge is 2.14. The number of nitrogens with one attached hydrogen (secondary N) is 1. The molecule has 0 aliphatic carbocycles. The molecule has 90 valence electrons. The molecule has 2 heterocycles. The van der Waals surface area contributed by atoms with Crippen LogP contribution in [0, 0.1) is 0 Å². The largest absolute Gasteiger partial charge is 0.383 e. The van der Waals surface area contributed by atoms with E-state index in [9.17, 15) is 4.79 Å². The number of H-pyrrole nitrogens is 1. The number of nitrogen functional groups attached to an aromatic ring is 1. The Morgan fingerprint density at radius 1 is 1.59 bits per heavy atom. The number of aromatic nitrogens is 2. The lowest BCUT2D eigenvalue weighted by molar-refractivity contribution is 0.910. The lowest BCUT2D eigenvalue weighted by Gasteiger charge is -2.11. The van der Waals surface area contributed by atoms with E-state index in [-0.39, 0.29) is 16.6 Å². The van der Waals surface area contributed by atoms with Crippen LogP contribution in [0.4, 0.5) is 5.82 Å². The average Bonchev–Trinajstić information content (AvgIpc) is 2.77. The number of thioether (sulfide) groups is 1. The summed E-state index contributed by atoms with van der Waals surface area (Å²) in [5.41, 5.74) is 11.0. The second-order valence-corrected chi connectivity index (χ2v) is 5.50. The molecule has 2 aromatic heterocycles. The Hall–Kier alpha value is -1.31. The molecular formula is C10H12N4OS2. The number of hydrogen-bond acceptors (Lipinski definition) is 6. The monoisotopic (exact) mass is 268 g/mol. The van der Waals surface area contributed by atoms with Gasteiger partial charge in [-0.2, -0.15) is 0 Å². The maximum atomic E-state index is 11.2.